The van der Waals surface area contributed by atoms with Crippen LogP contribution in [-0.4, -0.2) is 12.1 Å². The Morgan fingerprint density at radius 1 is 0.800 bits per heavy atom. The molecular formula is C8H16N2. The van der Waals surface area contributed by atoms with Gasteiger partial charge in [-0.25, -0.2) is 0 Å². The van der Waals surface area contributed by atoms with Crippen LogP contribution in [0.4, 0.5) is 0 Å². The van der Waals surface area contributed by atoms with Gasteiger partial charge in [0.15, 0.2) is 0 Å². The van der Waals surface area contributed by atoms with Gasteiger partial charge in [0.05, 0.1) is 0 Å². The van der Waals surface area contributed by atoms with E-state index in [1.165, 1.54) is 25.7 Å². The van der Waals surface area contributed by atoms with Crippen LogP contribution in [0.2, 0.25) is 0 Å². The van der Waals surface area contributed by atoms with Gasteiger partial charge in [0.25, 0.3) is 0 Å². The molecule has 3 aliphatic rings. The fourth-order valence-corrected chi connectivity index (χ4v) is 2.53. The van der Waals surface area contributed by atoms with Crippen molar-refractivity contribution in [3.8, 4) is 0 Å². The molecule has 2 bridgehead atoms. The summed E-state index contributed by atoms with van der Waals surface area (Å²) in [5, 5.41) is 0. The highest BCUT2D eigenvalue weighted by molar-refractivity contribution is 4.94. The molecule has 4 N–H and O–H groups in total. The third kappa shape index (κ3) is 0.867. The first-order chi connectivity index (χ1) is 4.77. The second-order valence-electron chi connectivity index (χ2n) is 3.90. The van der Waals surface area contributed by atoms with E-state index in [-0.39, 0.29) is 0 Å². The number of nitrogens with two attached hydrogens (primary N) is 2. The van der Waals surface area contributed by atoms with Gasteiger partial charge in [-0.15, -0.1) is 0 Å². The van der Waals surface area contributed by atoms with Gasteiger partial charge in [0.1, 0.15) is 0 Å². The molecule has 0 aromatic rings. The summed E-state index contributed by atoms with van der Waals surface area (Å²) in [6.45, 7) is 0. The van der Waals surface area contributed by atoms with Crippen molar-refractivity contribution in [3.63, 3.8) is 0 Å². The lowest BCUT2D eigenvalue weighted by atomic mass is 9.66. The number of hydrogen-bond acceptors (Lipinski definition) is 2. The Bertz CT molecular complexity index is 119. The molecule has 0 radical (unpaired) electrons. The lowest BCUT2D eigenvalue weighted by Crippen LogP contribution is -2.50. The Kier molecular flexibility index (Phi) is 1.46. The van der Waals surface area contributed by atoms with E-state index >= 15 is 0 Å². The van der Waals surface area contributed by atoms with Crippen molar-refractivity contribution in [1.82, 2.24) is 0 Å². The fourth-order valence-electron chi connectivity index (χ4n) is 2.53. The summed E-state index contributed by atoms with van der Waals surface area (Å²) in [6.07, 6.45) is 5.04. The van der Waals surface area contributed by atoms with E-state index in [1.54, 1.807) is 0 Å². The summed E-state index contributed by atoms with van der Waals surface area (Å²) >= 11 is 0. The van der Waals surface area contributed by atoms with E-state index in [0.29, 0.717) is 12.1 Å². The summed E-state index contributed by atoms with van der Waals surface area (Å²) < 4.78 is 0. The summed E-state index contributed by atoms with van der Waals surface area (Å²) in [6, 6.07) is 0.942. The van der Waals surface area contributed by atoms with Crippen LogP contribution in [0.1, 0.15) is 25.7 Å². The summed E-state index contributed by atoms with van der Waals surface area (Å²) in [5.74, 6) is 1.50. The normalized spacial score (nSPS) is 53.4. The molecule has 0 aliphatic heterocycles. The molecule has 3 saturated carbocycles. The SMILES string of the molecule is NC1CC2CCC1CC2N. The second kappa shape index (κ2) is 2.21. The quantitative estimate of drug-likeness (QED) is 0.513. The standard InChI is InChI=1S/C8H16N2/c9-7-4-6-2-1-5(7)3-8(6)10/h5-8H,1-4,9-10H2. The maximum absolute atomic E-state index is 5.93. The minimum Gasteiger partial charge on any atom is -0.327 e. The molecule has 0 aromatic heterocycles. The van der Waals surface area contributed by atoms with E-state index < -0.39 is 0 Å². The first-order valence-corrected chi connectivity index (χ1v) is 4.28. The topological polar surface area (TPSA) is 52.0 Å². The zero-order chi connectivity index (χ0) is 7.14. The van der Waals surface area contributed by atoms with E-state index in [9.17, 15) is 0 Å². The smallest absolute Gasteiger partial charge is 0.00709 e. The molecule has 0 saturated heterocycles. The molecule has 3 rings (SSSR count). The Balaban J connectivity index is 2.09. The van der Waals surface area contributed by atoms with E-state index in [4.69, 9.17) is 11.5 Å². The molecule has 3 fully saturated rings. The summed E-state index contributed by atoms with van der Waals surface area (Å²) in [5.41, 5.74) is 11.9. The molecule has 4 atom stereocenters. The average molecular weight is 140 g/mol. The molecule has 58 valence electrons. The van der Waals surface area contributed by atoms with Crippen LogP contribution in [-0.2, 0) is 0 Å². The van der Waals surface area contributed by atoms with E-state index in [2.05, 4.69) is 0 Å². The minimum atomic E-state index is 0.471. The van der Waals surface area contributed by atoms with E-state index in [0.717, 1.165) is 11.8 Å². The molecule has 3 aliphatic carbocycles. The first kappa shape index (κ1) is 6.62. The first-order valence-electron chi connectivity index (χ1n) is 4.28. The van der Waals surface area contributed by atoms with Crippen molar-refractivity contribution in [2.75, 3.05) is 0 Å². The van der Waals surface area contributed by atoms with Gasteiger partial charge in [-0.3, -0.25) is 0 Å². The van der Waals surface area contributed by atoms with Crippen LogP contribution in [0.5, 0.6) is 0 Å². The van der Waals surface area contributed by atoms with Gasteiger partial charge in [-0.2, -0.15) is 0 Å². The van der Waals surface area contributed by atoms with Crippen LogP contribution in [0.15, 0.2) is 0 Å². The molecule has 4 unspecified atom stereocenters. The van der Waals surface area contributed by atoms with Crippen LogP contribution >= 0.6 is 0 Å². The zero-order valence-corrected chi connectivity index (χ0v) is 6.29. The van der Waals surface area contributed by atoms with Crippen molar-refractivity contribution in [2.45, 2.75) is 37.8 Å². The predicted molar refractivity (Wildman–Crippen MR) is 41.4 cm³/mol. The molecule has 0 spiro atoms. The minimum absolute atomic E-state index is 0.471. The molecule has 10 heavy (non-hydrogen) atoms. The van der Waals surface area contributed by atoms with Gasteiger partial charge in [-0.1, -0.05) is 0 Å². The maximum Gasteiger partial charge on any atom is 0.00709 e. The van der Waals surface area contributed by atoms with Crippen molar-refractivity contribution in [1.29, 1.82) is 0 Å². The Morgan fingerprint density at radius 3 is 1.40 bits per heavy atom. The van der Waals surface area contributed by atoms with Gasteiger partial charge in [0.2, 0.25) is 0 Å². The molecular weight excluding hydrogens is 124 g/mol. The van der Waals surface area contributed by atoms with Crippen molar-refractivity contribution in [3.05, 3.63) is 0 Å². The van der Waals surface area contributed by atoms with Crippen LogP contribution in [0.3, 0.4) is 0 Å². The summed E-state index contributed by atoms with van der Waals surface area (Å²) in [7, 11) is 0. The van der Waals surface area contributed by atoms with Crippen LogP contribution < -0.4 is 11.5 Å². The number of fused-ring (bicyclic) bond motifs is 3. The van der Waals surface area contributed by atoms with Crippen molar-refractivity contribution in [2.24, 2.45) is 23.3 Å². The Labute approximate surface area is 62.0 Å². The van der Waals surface area contributed by atoms with Gasteiger partial charge in [0, 0.05) is 12.1 Å². The average Bonchev–Trinajstić information content (AvgIpc) is 1.91. The fraction of sp³-hybridized carbons (Fsp3) is 1.00. The zero-order valence-electron chi connectivity index (χ0n) is 6.29. The number of hydrogen-bond donors (Lipinski definition) is 2. The van der Waals surface area contributed by atoms with Gasteiger partial charge in [-0.05, 0) is 37.5 Å². The summed E-state index contributed by atoms with van der Waals surface area (Å²) in [4.78, 5) is 0. The highest BCUT2D eigenvalue weighted by Gasteiger charge is 2.38. The monoisotopic (exact) mass is 140 g/mol. The Morgan fingerprint density at radius 2 is 1.20 bits per heavy atom. The third-order valence-corrected chi connectivity index (χ3v) is 3.27. The lowest BCUT2D eigenvalue weighted by molar-refractivity contribution is 0.122. The van der Waals surface area contributed by atoms with Crippen LogP contribution in [0, 0.1) is 11.8 Å². The molecule has 0 heterocycles. The number of rotatable bonds is 0. The van der Waals surface area contributed by atoms with E-state index in [1.807, 2.05) is 0 Å². The maximum atomic E-state index is 5.93. The van der Waals surface area contributed by atoms with Gasteiger partial charge < -0.3 is 11.5 Å². The van der Waals surface area contributed by atoms with Gasteiger partial charge >= 0.3 is 0 Å². The second-order valence-corrected chi connectivity index (χ2v) is 3.90. The Hall–Kier alpha value is -0.0800. The van der Waals surface area contributed by atoms with Crippen molar-refractivity contribution < 1.29 is 0 Å². The largest absolute Gasteiger partial charge is 0.327 e. The lowest BCUT2D eigenvalue weighted by Gasteiger charge is -2.44. The van der Waals surface area contributed by atoms with Crippen molar-refractivity contribution >= 4 is 0 Å². The molecule has 2 heteroatoms. The molecule has 2 nitrogen and oxygen atoms in total. The predicted octanol–water partition coefficient (Wildman–Crippen LogP) is 0.461. The molecule has 0 amide bonds. The van der Waals surface area contributed by atoms with Crippen LogP contribution in [0.25, 0.3) is 0 Å². The highest BCUT2D eigenvalue weighted by Crippen LogP contribution is 2.39. The molecule has 0 aromatic carbocycles. The third-order valence-electron chi connectivity index (χ3n) is 3.27. The highest BCUT2D eigenvalue weighted by atomic mass is 14.8.